The Kier molecular flexibility index (Phi) is 4.44. The number of rotatable bonds is 7. The van der Waals surface area contributed by atoms with E-state index in [0.29, 0.717) is 17.4 Å². The van der Waals surface area contributed by atoms with Crippen LogP contribution in [-0.2, 0) is 5.75 Å². The number of aromatic nitrogens is 2. The van der Waals surface area contributed by atoms with Crippen LogP contribution in [0, 0.1) is 10.1 Å². The van der Waals surface area contributed by atoms with E-state index >= 15 is 0 Å². The summed E-state index contributed by atoms with van der Waals surface area (Å²) in [6.07, 6.45) is 2.31. The molecule has 120 valence electrons. The van der Waals surface area contributed by atoms with Crippen LogP contribution in [0.2, 0.25) is 0 Å². The Morgan fingerprint density at radius 2 is 2.26 bits per heavy atom. The summed E-state index contributed by atoms with van der Waals surface area (Å²) in [6.45, 7) is 0. The number of nitro benzene ring substituents is 1. The van der Waals surface area contributed by atoms with Crippen LogP contribution in [0.15, 0.2) is 22.5 Å². The van der Waals surface area contributed by atoms with Crippen LogP contribution in [0.1, 0.15) is 28.8 Å². The molecule has 0 saturated heterocycles. The molecule has 1 saturated carbocycles. The van der Waals surface area contributed by atoms with Gasteiger partial charge in [-0.15, -0.1) is 10.2 Å². The van der Waals surface area contributed by atoms with Crippen molar-refractivity contribution in [1.82, 2.24) is 10.2 Å². The fraction of sp³-hybridized carbons (Fsp3) is 0.308. The van der Waals surface area contributed by atoms with Gasteiger partial charge < -0.3 is 11.1 Å². The number of nitrogens with two attached hydrogens (primary N) is 1. The van der Waals surface area contributed by atoms with Gasteiger partial charge in [0.15, 0.2) is 4.34 Å². The van der Waals surface area contributed by atoms with Gasteiger partial charge in [-0.2, -0.15) is 0 Å². The maximum Gasteiger partial charge on any atom is 0.274 e. The Balaban J connectivity index is 1.70. The summed E-state index contributed by atoms with van der Waals surface area (Å²) in [5.74, 6) is -0.319. The highest BCUT2D eigenvalue weighted by atomic mass is 32.2. The zero-order valence-corrected chi connectivity index (χ0v) is 13.5. The summed E-state index contributed by atoms with van der Waals surface area (Å²) in [6, 6.07) is 4.75. The molecule has 0 bridgehead atoms. The maximum atomic E-state index is 11.1. The second-order valence-corrected chi connectivity index (χ2v) is 7.25. The van der Waals surface area contributed by atoms with Crippen molar-refractivity contribution in [3.63, 3.8) is 0 Å². The first-order valence-electron chi connectivity index (χ1n) is 6.83. The number of carbonyl (C=O) groups excluding carboxylic acids is 1. The Morgan fingerprint density at radius 3 is 2.91 bits per heavy atom. The highest BCUT2D eigenvalue weighted by Gasteiger charge is 2.22. The van der Waals surface area contributed by atoms with Crippen LogP contribution in [0.4, 0.5) is 10.8 Å². The van der Waals surface area contributed by atoms with Crippen molar-refractivity contribution in [1.29, 1.82) is 0 Å². The minimum Gasteiger partial charge on any atom is -0.366 e. The van der Waals surface area contributed by atoms with Gasteiger partial charge in [-0.25, -0.2) is 0 Å². The van der Waals surface area contributed by atoms with Crippen molar-refractivity contribution in [3.8, 4) is 0 Å². The number of primary amides is 1. The van der Waals surface area contributed by atoms with E-state index in [0.717, 1.165) is 22.3 Å². The summed E-state index contributed by atoms with van der Waals surface area (Å²) >= 11 is 2.80. The number of benzene rings is 1. The number of thioether (sulfide) groups is 1. The molecule has 1 aromatic carbocycles. The second-order valence-electron chi connectivity index (χ2n) is 5.05. The van der Waals surface area contributed by atoms with Crippen molar-refractivity contribution < 1.29 is 9.72 Å². The summed E-state index contributed by atoms with van der Waals surface area (Å²) in [5.41, 5.74) is 5.67. The third-order valence-corrected chi connectivity index (χ3v) is 5.27. The van der Waals surface area contributed by atoms with E-state index in [1.807, 2.05) is 0 Å². The first-order chi connectivity index (χ1) is 11.0. The number of anilines is 1. The van der Waals surface area contributed by atoms with E-state index in [1.165, 1.54) is 35.2 Å². The van der Waals surface area contributed by atoms with Crippen LogP contribution < -0.4 is 11.1 Å². The molecule has 1 fully saturated rings. The molecule has 3 N–H and O–H groups in total. The summed E-state index contributed by atoms with van der Waals surface area (Å²) in [4.78, 5) is 21.8. The van der Waals surface area contributed by atoms with E-state index in [9.17, 15) is 14.9 Å². The maximum absolute atomic E-state index is 11.1. The van der Waals surface area contributed by atoms with E-state index in [4.69, 9.17) is 5.73 Å². The highest BCUT2D eigenvalue weighted by Crippen LogP contribution is 2.33. The summed E-state index contributed by atoms with van der Waals surface area (Å²) in [7, 11) is 0. The molecular weight excluding hydrogens is 338 g/mol. The van der Waals surface area contributed by atoms with Crippen LogP contribution in [0.5, 0.6) is 0 Å². The van der Waals surface area contributed by atoms with E-state index < -0.39 is 10.8 Å². The highest BCUT2D eigenvalue weighted by molar-refractivity contribution is 8.00. The number of nitrogens with zero attached hydrogens (tertiary/aromatic N) is 3. The number of carbonyl (C=O) groups is 1. The third kappa shape index (κ3) is 3.96. The molecule has 0 unspecified atom stereocenters. The molecule has 10 heteroatoms. The van der Waals surface area contributed by atoms with Crippen LogP contribution in [0.25, 0.3) is 0 Å². The molecule has 0 radical (unpaired) electrons. The first kappa shape index (κ1) is 15.7. The smallest absolute Gasteiger partial charge is 0.274 e. The second kappa shape index (κ2) is 6.50. The minimum atomic E-state index is -0.688. The lowest BCUT2D eigenvalue weighted by Crippen LogP contribution is -2.11. The predicted molar refractivity (Wildman–Crippen MR) is 87.7 cm³/mol. The van der Waals surface area contributed by atoms with Gasteiger partial charge in [-0.1, -0.05) is 29.2 Å². The largest absolute Gasteiger partial charge is 0.366 e. The molecule has 1 heterocycles. The van der Waals surface area contributed by atoms with Gasteiger partial charge in [-0.3, -0.25) is 14.9 Å². The normalized spacial score (nSPS) is 13.7. The lowest BCUT2D eigenvalue weighted by molar-refractivity contribution is -0.385. The molecule has 23 heavy (non-hydrogen) atoms. The number of nitro groups is 1. The lowest BCUT2D eigenvalue weighted by Gasteiger charge is -2.03. The van der Waals surface area contributed by atoms with Gasteiger partial charge in [0.1, 0.15) is 0 Å². The molecule has 1 aliphatic rings. The molecule has 0 spiro atoms. The Morgan fingerprint density at radius 1 is 1.48 bits per heavy atom. The predicted octanol–water partition coefficient (Wildman–Crippen LogP) is 2.41. The van der Waals surface area contributed by atoms with Gasteiger partial charge >= 0.3 is 0 Å². The van der Waals surface area contributed by atoms with Crippen LogP contribution in [0.3, 0.4) is 0 Å². The average Bonchev–Trinajstić information content (AvgIpc) is 3.21. The van der Waals surface area contributed by atoms with Gasteiger partial charge in [0, 0.05) is 29.0 Å². The van der Waals surface area contributed by atoms with Crippen molar-refractivity contribution in [2.75, 3.05) is 5.32 Å². The molecule has 1 amide bonds. The zero-order valence-electron chi connectivity index (χ0n) is 11.9. The lowest BCUT2D eigenvalue weighted by atomic mass is 10.1. The molecule has 2 aromatic rings. The van der Waals surface area contributed by atoms with E-state index in [1.54, 1.807) is 6.07 Å². The standard InChI is InChI=1S/C13H13N5O3S2/c14-11(19)7-1-2-8(10(5-7)18(20)21)6-22-13-17-16-12(23-13)15-9-3-4-9/h1-2,5,9H,3-4,6H2,(H2,14,19)(H,15,16). The third-order valence-electron chi connectivity index (χ3n) is 3.23. The number of hydrogen-bond donors (Lipinski definition) is 2. The fourth-order valence-electron chi connectivity index (χ4n) is 1.88. The van der Waals surface area contributed by atoms with Crippen molar-refractivity contribution in [2.45, 2.75) is 29.0 Å². The molecular formula is C13H13N5O3S2. The van der Waals surface area contributed by atoms with E-state index in [2.05, 4.69) is 15.5 Å². The van der Waals surface area contributed by atoms with Gasteiger partial charge in [0.2, 0.25) is 11.0 Å². The average molecular weight is 351 g/mol. The monoisotopic (exact) mass is 351 g/mol. The summed E-state index contributed by atoms with van der Waals surface area (Å²) in [5, 5.41) is 23.3. The first-order valence-corrected chi connectivity index (χ1v) is 8.63. The van der Waals surface area contributed by atoms with Crippen molar-refractivity contribution in [3.05, 3.63) is 39.4 Å². The number of nitrogens with one attached hydrogen (secondary N) is 1. The van der Waals surface area contributed by atoms with Crippen molar-refractivity contribution in [2.24, 2.45) is 5.73 Å². The Bertz CT molecular complexity index is 760. The van der Waals surface area contributed by atoms with E-state index in [-0.39, 0.29) is 11.3 Å². The van der Waals surface area contributed by atoms with Gasteiger partial charge in [0.25, 0.3) is 5.69 Å². The summed E-state index contributed by atoms with van der Waals surface area (Å²) < 4.78 is 0.737. The van der Waals surface area contributed by atoms with Gasteiger partial charge in [0.05, 0.1) is 4.92 Å². The van der Waals surface area contributed by atoms with Gasteiger partial charge in [-0.05, 0) is 18.9 Å². The molecule has 0 atom stereocenters. The molecule has 0 aliphatic heterocycles. The van der Waals surface area contributed by atoms with Crippen molar-refractivity contribution >= 4 is 39.8 Å². The molecule has 1 aromatic heterocycles. The fourth-order valence-corrected chi connectivity index (χ4v) is 3.70. The Hall–Kier alpha value is -2.20. The molecule has 8 nitrogen and oxygen atoms in total. The minimum absolute atomic E-state index is 0.116. The van der Waals surface area contributed by atoms with Crippen LogP contribution in [-0.4, -0.2) is 27.1 Å². The zero-order chi connectivity index (χ0) is 16.4. The molecule has 3 rings (SSSR count). The SMILES string of the molecule is NC(=O)c1ccc(CSc2nnc(NC3CC3)s2)c([N+](=O)[O-])c1. The van der Waals surface area contributed by atoms with Crippen LogP contribution >= 0.6 is 23.1 Å². The molecule has 1 aliphatic carbocycles. The number of hydrogen-bond acceptors (Lipinski definition) is 8. The number of amides is 1. The topological polar surface area (TPSA) is 124 Å². The quantitative estimate of drug-likeness (QED) is 0.446. The Labute approximate surface area is 139 Å².